The van der Waals surface area contributed by atoms with Crippen LogP contribution in [0.15, 0.2) is 42.6 Å². The molecule has 0 bridgehead atoms. The minimum Gasteiger partial charge on any atom is -0.399 e. The molecule has 1 amide bonds. The fourth-order valence-corrected chi connectivity index (χ4v) is 1.32. The molecule has 2 aromatic rings. The number of hydrogen-bond acceptors (Lipinski definition) is 3. The molecule has 86 valence electrons. The average Bonchev–Trinajstić information content (AvgIpc) is 2.32. The molecule has 0 aliphatic heterocycles. The van der Waals surface area contributed by atoms with Crippen LogP contribution in [0.2, 0.25) is 0 Å². The van der Waals surface area contributed by atoms with Gasteiger partial charge in [-0.05, 0) is 24.3 Å². The smallest absolute Gasteiger partial charge is 0.274 e. The molecule has 0 radical (unpaired) electrons. The Bertz CT molecular complexity index is 557. The van der Waals surface area contributed by atoms with Gasteiger partial charge in [-0.3, -0.25) is 9.78 Å². The normalized spacial score (nSPS) is 9.94. The van der Waals surface area contributed by atoms with E-state index in [-0.39, 0.29) is 11.4 Å². The Balaban J connectivity index is 2.20. The van der Waals surface area contributed by atoms with Crippen molar-refractivity contribution in [2.75, 3.05) is 11.1 Å². The number of rotatable bonds is 2. The Hall–Kier alpha value is -2.43. The fourth-order valence-electron chi connectivity index (χ4n) is 1.32. The van der Waals surface area contributed by atoms with Crippen LogP contribution in [0.25, 0.3) is 0 Å². The van der Waals surface area contributed by atoms with Gasteiger partial charge in [-0.25, -0.2) is 4.39 Å². The number of halogens is 1. The number of nitrogens with zero attached hydrogens (tertiary/aromatic N) is 1. The Morgan fingerprint density at radius 1 is 1.29 bits per heavy atom. The minimum atomic E-state index is -0.498. The monoisotopic (exact) mass is 231 g/mol. The van der Waals surface area contributed by atoms with Crippen LogP contribution >= 0.6 is 0 Å². The van der Waals surface area contributed by atoms with Gasteiger partial charge in [0.15, 0.2) is 0 Å². The van der Waals surface area contributed by atoms with Crippen molar-refractivity contribution in [1.82, 2.24) is 4.98 Å². The van der Waals surface area contributed by atoms with E-state index in [4.69, 9.17) is 5.73 Å². The minimum absolute atomic E-state index is 0.113. The first-order valence-corrected chi connectivity index (χ1v) is 4.94. The molecule has 17 heavy (non-hydrogen) atoms. The molecule has 0 aliphatic rings. The van der Waals surface area contributed by atoms with Gasteiger partial charge in [0, 0.05) is 11.9 Å². The highest BCUT2D eigenvalue weighted by atomic mass is 19.1. The van der Waals surface area contributed by atoms with Crippen LogP contribution in [0.1, 0.15) is 10.5 Å². The van der Waals surface area contributed by atoms with Crippen LogP contribution in [0.3, 0.4) is 0 Å². The molecule has 3 N–H and O–H groups in total. The van der Waals surface area contributed by atoms with Crippen LogP contribution in [0, 0.1) is 5.82 Å². The number of carbonyl (C=O) groups excluding carboxylic acids is 1. The Morgan fingerprint density at radius 3 is 2.76 bits per heavy atom. The molecule has 0 saturated carbocycles. The predicted octanol–water partition coefficient (Wildman–Crippen LogP) is 2.06. The lowest BCUT2D eigenvalue weighted by atomic mass is 10.2. The van der Waals surface area contributed by atoms with E-state index in [9.17, 15) is 9.18 Å². The van der Waals surface area contributed by atoms with Crippen molar-refractivity contribution in [3.8, 4) is 0 Å². The third kappa shape index (κ3) is 2.57. The molecular weight excluding hydrogens is 221 g/mol. The SMILES string of the molecule is Nc1ccnc(C(=O)Nc2ccccc2F)c1. The quantitative estimate of drug-likeness (QED) is 0.831. The number of para-hydroxylation sites is 1. The van der Waals surface area contributed by atoms with E-state index in [0.29, 0.717) is 5.69 Å². The second-order valence-corrected chi connectivity index (χ2v) is 3.41. The highest BCUT2D eigenvalue weighted by Crippen LogP contribution is 2.13. The maximum atomic E-state index is 13.3. The Morgan fingerprint density at radius 2 is 2.06 bits per heavy atom. The third-order valence-corrected chi connectivity index (χ3v) is 2.14. The zero-order valence-electron chi connectivity index (χ0n) is 8.85. The molecule has 1 aromatic carbocycles. The van der Waals surface area contributed by atoms with Gasteiger partial charge >= 0.3 is 0 Å². The summed E-state index contributed by atoms with van der Waals surface area (Å²) in [4.78, 5) is 15.6. The number of nitrogens with one attached hydrogen (secondary N) is 1. The molecule has 0 saturated heterocycles. The predicted molar refractivity (Wildman–Crippen MR) is 63.0 cm³/mol. The first-order valence-electron chi connectivity index (χ1n) is 4.94. The molecule has 4 nitrogen and oxygen atoms in total. The molecule has 1 aromatic heterocycles. The summed E-state index contributed by atoms with van der Waals surface area (Å²) in [6.45, 7) is 0. The second-order valence-electron chi connectivity index (χ2n) is 3.41. The van der Waals surface area contributed by atoms with Crippen molar-refractivity contribution < 1.29 is 9.18 Å². The first-order chi connectivity index (χ1) is 8.16. The maximum absolute atomic E-state index is 13.3. The first kappa shape index (κ1) is 11.1. The van der Waals surface area contributed by atoms with E-state index < -0.39 is 11.7 Å². The van der Waals surface area contributed by atoms with E-state index in [1.165, 1.54) is 24.4 Å². The maximum Gasteiger partial charge on any atom is 0.274 e. The second kappa shape index (κ2) is 4.61. The van der Waals surface area contributed by atoms with E-state index in [1.807, 2.05) is 0 Å². The highest BCUT2D eigenvalue weighted by molar-refractivity contribution is 6.03. The van der Waals surface area contributed by atoms with Crippen molar-refractivity contribution in [3.05, 3.63) is 54.1 Å². The highest BCUT2D eigenvalue weighted by Gasteiger charge is 2.09. The van der Waals surface area contributed by atoms with E-state index >= 15 is 0 Å². The number of aromatic nitrogens is 1. The lowest BCUT2D eigenvalue weighted by Crippen LogP contribution is -2.14. The third-order valence-electron chi connectivity index (χ3n) is 2.14. The van der Waals surface area contributed by atoms with Crippen molar-refractivity contribution in [2.45, 2.75) is 0 Å². The van der Waals surface area contributed by atoms with Crippen molar-refractivity contribution >= 4 is 17.3 Å². The van der Waals surface area contributed by atoms with Gasteiger partial charge in [0.05, 0.1) is 5.69 Å². The van der Waals surface area contributed by atoms with Crippen LogP contribution < -0.4 is 11.1 Å². The summed E-state index contributed by atoms with van der Waals surface area (Å²) in [5.74, 6) is -0.993. The largest absolute Gasteiger partial charge is 0.399 e. The van der Waals surface area contributed by atoms with Gasteiger partial charge < -0.3 is 11.1 Å². The topological polar surface area (TPSA) is 68.0 Å². The van der Waals surface area contributed by atoms with E-state index in [0.717, 1.165) is 0 Å². The fraction of sp³-hybridized carbons (Fsp3) is 0. The summed E-state index contributed by atoms with van der Waals surface area (Å²) < 4.78 is 13.3. The Labute approximate surface area is 97.3 Å². The van der Waals surface area contributed by atoms with Crippen molar-refractivity contribution in [2.24, 2.45) is 0 Å². The zero-order valence-corrected chi connectivity index (χ0v) is 8.85. The number of pyridine rings is 1. The summed E-state index contributed by atoms with van der Waals surface area (Å²) in [6, 6.07) is 8.91. The van der Waals surface area contributed by atoms with E-state index in [1.54, 1.807) is 18.2 Å². The average molecular weight is 231 g/mol. The number of nitrogen functional groups attached to an aromatic ring is 1. The van der Waals surface area contributed by atoms with Gasteiger partial charge in [-0.2, -0.15) is 0 Å². The molecule has 0 spiro atoms. The standard InChI is InChI=1S/C12H10FN3O/c13-9-3-1-2-4-10(9)16-12(17)11-7-8(14)5-6-15-11/h1-7H,(H2,14,15)(H,16,17). The van der Waals surface area contributed by atoms with Gasteiger partial charge in [-0.1, -0.05) is 12.1 Å². The van der Waals surface area contributed by atoms with Gasteiger partial charge in [0.2, 0.25) is 0 Å². The molecule has 2 rings (SSSR count). The molecule has 0 aliphatic carbocycles. The number of amides is 1. The van der Waals surface area contributed by atoms with Crippen molar-refractivity contribution in [3.63, 3.8) is 0 Å². The van der Waals surface area contributed by atoms with Crippen molar-refractivity contribution in [1.29, 1.82) is 0 Å². The van der Waals surface area contributed by atoms with E-state index in [2.05, 4.69) is 10.3 Å². The molecule has 0 atom stereocenters. The summed E-state index contributed by atoms with van der Waals surface area (Å²) in [5.41, 5.74) is 6.21. The summed E-state index contributed by atoms with van der Waals surface area (Å²) >= 11 is 0. The number of nitrogens with two attached hydrogens (primary N) is 1. The lowest BCUT2D eigenvalue weighted by Gasteiger charge is -2.05. The van der Waals surface area contributed by atoms with Gasteiger partial charge in [0.25, 0.3) is 5.91 Å². The number of anilines is 2. The molecule has 1 heterocycles. The van der Waals surface area contributed by atoms with Crippen LogP contribution in [-0.2, 0) is 0 Å². The van der Waals surface area contributed by atoms with Crippen LogP contribution in [0.4, 0.5) is 15.8 Å². The number of hydrogen-bond donors (Lipinski definition) is 2. The molecule has 0 unspecified atom stereocenters. The van der Waals surface area contributed by atoms with Crippen LogP contribution in [-0.4, -0.2) is 10.9 Å². The number of benzene rings is 1. The molecular formula is C12H10FN3O. The number of carbonyl (C=O) groups is 1. The van der Waals surface area contributed by atoms with Gasteiger partial charge in [0.1, 0.15) is 11.5 Å². The summed E-state index contributed by atoms with van der Waals surface area (Å²) in [5, 5.41) is 2.42. The molecule has 5 heteroatoms. The molecule has 0 fully saturated rings. The Kier molecular flexibility index (Phi) is 3.00. The zero-order chi connectivity index (χ0) is 12.3. The van der Waals surface area contributed by atoms with Crippen LogP contribution in [0.5, 0.6) is 0 Å². The summed E-state index contributed by atoms with van der Waals surface area (Å²) in [7, 11) is 0. The van der Waals surface area contributed by atoms with Gasteiger partial charge in [-0.15, -0.1) is 0 Å². The summed E-state index contributed by atoms with van der Waals surface area (Å²) in [6.07, 6.45) is 1.42. The lowest BCUT2D eigenvalue weighted by molar-refractivity contribution is 0.102.